The van der Waals surface area contributed by atoms with Crippen LogP contribution >= 0.6 is 15.9 Å². The van der Waals surface area contributed by atoms with Crippen LogP contribution in [-0.4, -0.2) is 41.6 Å². The lowest BCUT2D eigenvalue weighted by atomic mass is 10.1. The Morgan fingerprint density at radius 1 is 0.941 bits per heavy atom. The van der Waals surface area contributed by atoms with Gasteiger partial charge in [-0.05, 0) is 58.4 Å². The maximum atomic E-state index is 14.5. The fraction of sp³-hybridized carbons (Fsp3) is 0.167. The van der Waals surface area contributed by atoms with E-state index in [9.17, 15) is 18.4 Å². The SMILES string of the molecule is CC.CN(C)C(=N)c1ccc(C(=O)Nc2ccc(F)cc2C(=O)Nc2ccc(Br)cn2)c(F)c1. The summed E-state index contributed by atoms with van der Waals surface area (Å²) in [5.74, 6) is -2.74. The lowest BCUT2D eigenvalue weighted by Crippen LogP contribution is -2.23. The van der Waals surface area contributed by atoms with Gasteiger partial charge in [-0.25, -0.2) is 13.8 Å². The zero-order valence-corrected chi connectivity index (χ0v) is 20.6. The fourth-order valence-electron chi connectivity index (χ4n) is 2.74. The number of anilines is 2. The molecule has 1 aromatic heterocycles. The van der Waals surface area contributed by atoms with Gasteiger partial charge in [0.2, 0.25) is 0 Å². The second-order valence-electron chi connectivity index (χ2n) is 6.90. The van der Waals surface area contributed by atoms with Crippen LogP contribution in [0.2, 0.25) is 0 Å². The summed E-state index contributed by atoms with van der Waals surface area (Å²) in [6.07, 6.45) is 1.48. The number of pyridine rings is 1. The molecule has 0 atom stereocenters. The molecule has 7 nitrogen and oxygen atoms in total. The van der Waals surface area contributed by atoms with E-state index in [1.54, 1.807) is 26.2 Å². The largest absolute Gasteiger partial charge is 0.363 e. The van der Waals surface area contributed by atoms with Gasteiger partial charge >= 0.3 is 0 Å². The predicted molar refractivity (Wildman–Crippen MR) is 133 cm³/mol. The van der Waals surface area contributed by atoms with Gasteiger partial charge in [0.25, 0.3) is 11.8 Å². The molecule has 0 aliphatic rings. The number of hydrogen-bond donors (Lipinski definition) is 3. The van der Waals surface area contributed by atoms with E-state index in [-0.39, 0.29) is 28.5 Å². The molecule has 2 aromatic carbocycles. The molecule has 2 amide bonds. The highest BCUT2D eigenvalue weighted by Crippen LogP contribution is 2.21. The van der Waals surface area contributed by atoms with Gasteiger partial charge in [0, 0.05) is 30.3 Å². The molecule has 34 heavy (non-hydrogen) atoms. The summed E-state index contributed by atoms with van der Waals surface area (Å²) < 4.78 is 29.1. The summed E-state index contributed by atoms with van der Waals surface area (Å²) in [6.45, 7) is 4.00. The summed E-state index contributed by atoms with van der Waals surface area (Å²) >= 11 is 3.24. The zero-order chi connectivity index (χ0) is 25.4. The van der Waals surface area contributed by atoms with E-state index in [4.69, 9.17) is 5.41 Å². The molecule has 0 saturated heterocycles. The van der Waals surface area contributed by atoms with Crippen molar-refractivity contribution in [3.8, 4) is 0 Å². The third kappa shape index (κ3) is 6.67. The number of nitrogens with one attached hydrogen (secondary N) is 3. The summed E-state index contributed by atoms with van der Waals surface area (Å²) in [6, 6.07) is 10.2. The molecule has 0 aliphatic carbocycles. The maximum absolute atomic E-state index is 14.5. The van der Waals surface area contributed by atoms with Crippen LogP contribution in [0.15, 0.2) is 59.2 Å². The Morgan fingerprint density at radius 3 is 2.21 bits per heavy atom. The minimum Gasteiger partial charge on any atom is -0.363 e. The van der Waals surface area contributed by atoms with E-state index in [1.807, 2.05) is 13.8 Å². The normalized spacial score (nSPS) is 9.97. The van der Waals surface area contributed by atoms with Crippen LogP contribution in [0.1, 0.15) is 40.1 Å². The number of benzene rings is 2. The van der Waals surface area contributed by atoms with E-state index in [0.29, 0.717) is 10.0 Å². The number of amidine groups is 1. The molecule has 3 rings (SSSR count). The van der Waals surface area contributed by atoms with Crippen molar-refractivity contribution in [1.82, 2.24) is 9.88 Å². The molecule has 0 bridgehead atoms. The Kier molecular flexibility index (Phi) is 9.37. The van der Waals surface area contributed by atoms with E-state index in [0.717, 1.165) is 18.2 Å². The molecule has 10 heteroatoms. The Bertz CT molecular complexity index is 1200. The minimum absolute atomic E-state index is 0.00415. The van der Waals surface area contributed by atoms with Crippen LogP contribution in [0.5, 0.6) is 0 Å². The Morgan fingerprint density at radius 2 is 1.62 bits per heavy atom. The van der Waals surface area contributed by atoms with Crippen molar-refractivity contribution in [3.05, 3.63) is 87.5 Å². The van der Waals surface area contributed by atoms with Gasteiger partial charge in [-0.2, -0.15) is 0 Å². The Balaban J connectivity index is 0.00000199. The van der Waals surface area contributed by atoms with Crippen LogP contribution in [0.25, 0.3) is 0 Å². The van der Waals surface area contributed by atoms with Gasteiger partial charge in [0.1, 0.15) is 23.3 Å². The number of carbonyl (C=O) groups excluding carboxylic acids is 2. The number of halogens is 3. The average Bonchev–Trinajstić information content (AvgIpc) is 2.82. The molecule has 3 N–H and O–H groups in total. The topological polar surface area (TPSA) is 98.2 Å². The van der Waals surface area contributed by atoms with Gasteiger partial charge in [0.15, 0.2) is 0 Å². The first-order valence-electron chi connectivity index (χ1n) is 10.3. The average molecular weight is 532 g/mol. The molecule has 0 unspecified atom stereocenters. The fourth-order valence-corrected chi connectivity index (χ4v) is 2.98. The van der Waals surface area contributed by atoms with Crippen molar-refractivity contribution in [2.24, 2.45) is 0 Å². The van der Waals surface area contributed by atoms with Crippen LogP contribution < -0.4 is 10.6 Å². The summed E-state index contributed by atoms with van der Waals surface area (Å²) in [7, 11) is 3.29. The van der Waals surface area contributed by atoms with Crippen LogP contribution in [0, 0.1) is 17.0 Å². The Hall–Kier alpha value is -3.66. The number of hydrogen-bond acceptors (Lipinski definition) is 4. The van der Waals surface area contributed by atoms with E-state index in [1.165, 1.54) is 29.3 Å². The number of aromatic nitrogens is 1. The van der Waals surface area contributed by atoms with Crippen molar-refractivity contribution in [3.63, 3.8) is 0 Å². The molecule has 0 aliphatic heterocycles. The third-order valence-electron chi connectivity index (χ3n) is 4.38. The van der Waals surface area contributed by atoms with Crippen LogP contribution in [-0.2, 0) is 0 Å². The highest BCUT2D eigenvalue weighted by Gasteiger charge is 2.19. The number of amides is 2. The molecule has 0 fully saturated rings. The summed E-state index contributed by atoms with van der Waals surface area (Å²) in [5, 5.41) is 12.9. The van der Waals surface area contributed by atoms with Crippen molar-refractivity contribution < 1.29 is 18.4 Å². The quantitative estimate of drug-likeness (QED) is 0.297. The molecule has 1 heterocycles. The van der Waals surface area contributed by atoms with Gasteiger partial charge in [-0.3, -0.25) is 15.0 Å². The lowest BCUT2D eigenvalue weighted by Gasteiger charge is -2.15. The van der Waals surface area contributed by atoms with Crippen LogP contribution in [0.3, 0.4) is 0 Å². The molecular weight excluding hydrogens is 508 g/mol. The maximum Gasteiger partial charge on any atom is 0.259 e. The smallest absolute Gasteiger partial charge is 0.259 e. The molecule has 0 saturated carbocycles. The first-order chi connectivity index (χ1) is 16.2. The van der Waals surface area contributed by atoms with E-state index < -0.39 is 23.4 Å². The highest BCUT2D eigenvalue weighted by molar-refractivity contribution is 9.10. The van der Waals surface area contributed by atoms with Crippen LogP contribution in [0.4, 0.5) is 20.3 Å². The number of nitrogens with zero attached hydrogens (tertiary/aromatic N) is 2. The first kappa shape index (κ1) is 26.6. The second kappa shape index (κ2) is 12.0. The number of carbonyl (C=O) groups is 2. The molecule has 0 radical (unpaired) electrons. The number of rotatable bonds is 5. The second-order valence-corrected chi connectivity index (χ2v) is 7.81. The van der Waals surface area contributed by atoms with Gasteiger partial charge in [-0.1, -0.05) is 19.9 Å². The van der Waals surface area contributed by atoms with Crippen molar-refractivity contribution >= 4 is 45.1 Å². The minimum atomic E-state index is -0.834. The van der Waals surface area contributed by atoms with Crippen molar-refractivity contribution in [1.29, 1.82) is 5.41 Å². The first-order valence-corrected chi connectivity index (χ1v) is 11.0. The van der Waals surface area contributed by atoms with Crippen molar-refractivity contribution in [2.45, 2.75) is 13.8 Å². The standard InChI is InChI=1S/C22H18BrF2N5O2.C2H6/c1-30(2)20(26)12-3-6-15(17(25)9-12)21(31)28-18-7-5-14(24)10-16(18)22(32)29-19-8-4-13(23)11-27-19;1-2/h3-11,26H,1-2H3,(H,28,31)(H,27,29,32);1-2H3. The van der Waals surface area contributed by atoms with Gasteiger partial charge in [-0.15, -0.1) is 0 Å². The molecule has 178 valence electrons. The summed E-state index contributed by atoms with van der Waals surface area (Å²) in [5.41, 5.74) is -0.150. The van der Waals surface area contributed by atoms with Gasteiger partial charge < -0.3 is 15.5 Å². The van der Waals surface area contributed by atoms with E-state index >= 15 is 0 Å². The summed E-state index contributed by atoms with van der Waals surface area (Å²) in [4.78, 5) is 30.8. The third-order valence-corrected chi connectivity index (χ3v) is 4.85. The lowest BCUT2D eigenvalue weighted by molar-refractivity contribution is 0.102. The van der Waals surface area contributed by atoms with Gasteiger partial charge in [0.05, 0.1) is 16.8 Å². The highest BCUT2D eigenvalue weighted by atomic mass is 79.9. The molecular formula is C24H24BrF2N5O2. The monoisotopic (exact) mass is 531 g/mol. The predicted octanol–water partition coefficient (Wildman–Crippen LogP) is 5.54. The molecule has 0 spiro atoms. The Labute approximate surface area is 204 Å². The molecule has 3 aromatic rings. The zero-order valence-electron chi connectivity index (χ0n) is 19.0. The van der Waals surface area contributed by atoms with Crippen molar-refractivity contribution in [2.75, 3.05) is 24.7 Å². The van der Waals surface area contributed by atoms with E-state index in [2.05, 4.69) is 31.5 Å².